The second-order valence-corrected chi connectivity index (χ2v) is 0.447. The molecule has 0 aliphatic heterocycles. The van der Waals surface area contributed by atoms with Gasteiger partial charge in [-0.2, -0.15) is 0 Å². The topological polar surface area (TPSA) is 64.4 Å². The van der Waals surface area contributed by atoms with Gasteiger partial charge in [0.1, 0.15) is 0 Å². The fourth-order valence-electron chi connectivity index (χ4n) is 0.0497. The molecule has 0 heterocycles. The van der Waals surface area contributed by atoms with Gasteiger partial charge in [-0.3, -0.25) is 0 Å². The first-order chi connectivity index (χ1) is 2.41. The van der Waals surface area contributed by atoms with E-state index in [4.69, 9.17) is 11.4 Å². The van der Waals surface area contributed by atoms with Gasteiger partial charge in [-0.15, -0.1) is 0 Å². The van der Waals surface area contributed by atoms with Crippen LogP contribution in [0.25, 0.3) is 0 Å². The largest absolute Gasteiger partial charge is 0.391 e. The van der Waals surface area contributed by atoms with Crippen molar-refractivity contribution in [3.8, 4) is 0 Å². The predicted octanol–water partition coefficient (Wildman–Crippen LogP) is -1.53. The van der Waals surface area contributed by atoms with Crippen LogP contribution in [0.1, 0.15) is 0 Å². The van der Waals surface area contributed by atoms with Crippen molar-refractivity contribution in [3.63, 3.8) is 0 Å². The van der Waals surface area contributed by atoms with E-state index >= 15 is 0 Å². The van der Waals surface area contributed by atoms with Crippen LogP contribution in [0.2, 0.25) is 0 Å². The second-order valence-electron chi connectivity index (χ2n) is 0.447. The molecule has 0 aromatic rings. The molecular formula is CH5BN3. The van der Waals surface area contributed by atoms with Gasteiger partial charge in [0.05, 0.1) is 6.34 Å². The normalized spacial score (nSPS) is 9.00. The molecule has 4 heteroatoms. The van der Waals surface area contributed by atoms with E-state index in [-0.39, 0.29) is 0 Å². The molecule has 0 unspecified atom stereocenters. The lowest BCUT2D eigenvalue weighted by Gasteiger charge is -1.65. The zero-order valence-corrected chi connectivity index (χ0v) is 2.76. The minimum absolute atomic E-state index is 1.12. The maximum atomic E-state index is 4.74. The van der Waals surface area contributed by atoms with Crippen LogP contribution in [0.4, 0.5) is 0 Å². The van der Waals surface area contributed by atoms with E-state index in [2.05, 4.69) is 4.90 Å². The SMILES string of the molecule is N[B]N=CN. The summed E-state index contributed by atoms with van der Waals surface area (Å²) in [7, 11) is 1.12. The van der Waals surface area contributed by atoms with Gasteiger partial charge in [-0.1, -0.05) is 0 Å². The average Bonchev–Trinajstić information content (AvgIpc) is 1.41. The van der Waals surface area contributed by atoms with E-state index < -0.39 is 0 Å². The Hall–Kier alpha value is -0.505. The lowest BCUT2D eigenvalue weighted by Crippen LogP contribution is -2.02. The maximum absolute atomic E-state index is 4.74. The molecule has 1 radical (unpaired) electrons. The van der Waals surface area contributed by atoms with Gasteiger partial charge in [0.2, 0.25) is 0 Å². The van der Waals surface area contributed by atoms with E-state index in [9.17, 15) is 0 Å². The highest BCUT2D eigenvalue weighted by atomic mass is 14.8. The van der Waals surface area contributed by atoms with Crippen LogP contribution < -0.4 is 11.4 Å². The van der Waals surface area contributed by atoms with Crippen molar-refractivity contribution in [2.75, 3.05) is 0 Å². The summed E-state index contributed by atoms with van der Waals surface area (Å²) in [6.07, 6.45) is 1.12. The Kier molecular flexibility index (Phi) is 3.14. The molecule has 4 N–H and O–H groups in total. The Balaban J connectivity index is 2.62. The molecule has 0 spiro atoms. The summed E-state index contributed by atoms with van der Waals surface area (Å²) in [5, 5.41) is 0. The first-order valence-electron chi connectivity index (χ1n) is 1.18. The molecule has 0 atom stereocenters. The zero-order valence-electron chi connectivity index (χ0n) is 2.76. The fourth-order valence-corrected chi connectivity index (χ4v) is 0.0497. The molecule has 0 aromatic carbocycles. The van der Waals surface area contributed by atoms with Crippen molar-refractivity contribution in [1.29, 1.82) is 0 Å². The molecule has 0 aliphatic carbocycles. The Morgan fingerprint density at radius 3 is 2.40 bits per heavy atom. The number of nitrogens with zero attached hydrogens (tertiary/aromatic N) is 1. The molecule has 0 rings (SSSR count). The van der Waals surface area contributed by atoms with Crippen LogP contribution in [0.5, 0.6) is 0 Å². The minimum Gasteiger partial charge on any atom is -0.391 e. The summed E-state index contributed by atoms with van der Waals surface area (Å²) in [6.45, 7) is 0. The highest BCUT2D eigenvalue weighted by Crippen LogP contribution is 1.36. The first-order valence-corrected chi connectivity index (χ1v) is 1.18. The molecule has 0 aromatic heterocycles. The monoisotopic (exact) mass is 70.1 g/mol. The number of nitrogens with two attached hydrogens (primary N) is 2. The Bertz CT molecular complexity index is 33.9. The van der Waals surface area contributed by atoms with Gasteiger partial charge in [-0.25, -0.2) is 0 Å². The third-order valence-corrected chi connectivity index (χ3v) is 0.172. The summed E-state index contributed by atoms with van der Waals surface area (Å²) >= 11 is 0. The second kappa shape index (κ2) is 3.49. The number of hydrogen-bond donors (Lipinski definition) is 2. The van der Waals surface area contributed by atoms with Crippen LogP contribution in [-0.4, -0.2) is 13.9 Å². The average molecular weight is 69.9 g/mol. The Morgan fingerprint density at radius 2 is 2.40 bits per heavy atom. The minimum atomic E-state index is 1.12. The van der Waals surface area contributed by atoms with Crippen molar-refractivity contribution in [2.45, 2.75) is 0 Å². The predicted molar refractivity (Wildman–Crippen MR) is 22.6 cm³/mol. The number of rotatable bonds is 1. The van der Waals surface area contributed by atoms with Crippen molar-refractivity contribution < 1.29 is 0 Å². The van der Waals surface area contributed by atoms with Crippen LogP contribution >= 0.6 is 0 Å². The van der Waals surface area contributed by atoms with Crippen LogP contribution in [0.3, 0.4) is 0 Å². The molecule has 27 valence electrons. The van der Waals surface area contributed by atoms with Crippen LogP contribution in [0.15, 0.2) is 4.90 Å². The Morgan fingerprint density at radius 1 is 1.80 bits per heavy atom. The van der Waals surface area contributed by atoms with Gasteiger partial charge in [0, 0.05) is 0 Å². The lowest BCUT2D eigenvalue weighted by molar-refractivity contribution is 1.69. The third-order valence-electron chi connectivity index (χ3n) is 0.172. The van der Waals surface area contributed by atoms with Gasteiger partial charge < -0.3 is 16.3 Å². The van der Waals surface area contributed by atoms with Crippen molar-refractivity contribution in [2.24, 2.45) is 16.3 Å². The maximum Gasteiger partial charge on any atom is 0.369 e. The van der Waals surface area contributed by atoms with E-state index in [0.717, 1.165) is 13.9 Å². The summed E-state index contributed by atoms with van der Waals surface area (Å²) in [5.74, 6) is 0. The van der Waals surface area contributed by atoms with Gasteiger partial charge in [0.25, 0.3) is 0 Å². The molecule has 0 fully saturated rings. The molecule has 0 saturated heterocycles. The van der Waals surface area contributed by atoms with E-state index in [1.165, 1.54) is 0 Å². The molecular weight excluding hydrogens is 64.8 g/mol. The molecule has 0 saturated carbocycles. The van der Waals surface area contributed by atoms with Crippen molar-refractivity contribution in [1.82, 2.24) is 0 Å². The van der Waals surface area contributed by atoms with Crippen molar-refractivity contribution >= 4 is 13.9 Å². The summed E-state index contributed by atoms with van der Waals surface area (Å²) in [4.78, 5) is 3.28. The summed E-state index contributed by atoms with van der Waals surface area (Å²) < 4.78 is 0. The molecule has 0 bridgehead atoms. The molecule has 3 nitrogen and oxygen atoms in total. The van der Waals surface area contributed by atoms with Crippen molar-refractivity contribution in [3.05, 3.63) is 0 Å². The van der Waals surface area contributed by atoms with Gasteiger partial charge >= 0.3 is 7.55 Å². The standard InChI is InChI=1S/CH5BN3/c3-1-5-2-4/h1H,4H2,(H2,3,5). The van der Waals surface area contributed by atoms with Gasteiger partial charge in [-0.05, 0) is 0 Å². The summed E-state index contributed by atoms with van der Waals surface area (Å²) in [5.41, 5.74) is 9.47. The molecule has 5 heavy (non-hydrogen) atoms. The zero-order chi connectivity index (χ0) is 4.12. The smallest absolute Gasteiger partial charge is 0.369 e. The Labute approximate surface area is 31.3 Å². The third kappa shape index (κ3) is 3.49. The summed E-state index contributed by atoms with van der Waals surface area (Å²) in [6, 6.07) is 0. The fraction of sp³-hybridized carbons (Fsp3) is 0. The van der Waals surface area contributed by atoms with Gasteiger partial charge in [0.15, 0.2) is 0 Å². The molecule has 0 amide bonds. The van der Waals surface area contributed by atoms with Crippen LogP contribution in [-0.2, 0) is 0 Å². The highest BCUT2D eigenvalue weighted by Gasteiger charge is 1.59. The first kappa shape index (κ1) is 4.49. The van der Waals surface area contributed by atoms with E-state index in [0.29, 0.717) is 0 Å². The quantitative estimate of drug-likeness (QED) is 0.223. The van der Waals surface area contributed by atoms with E-state index in [1.807, 2.05) is 0 Å². The highest BCUT2D eigenvalue weighted by molar-refractivity contribution is 6.30. The lowest BCUT2D eigenvalue weighted by atomic mass is 10.3. The van der Waals surface area contributed by atoms with Crippen LogP contribution in [0, 0.1) is 0 Å². The number of hydrogen-bond acceptors (Lipinski definition) is 2. The molecule has 0 aliphatic rings. The van der Waals surface area contributed by atoms with E-state index in [1.54, 1.807) is 0 Å².